The van der Waals surface area contributed by atoms with Gasteiger partial charge in [0.1, 0.15) is 6.04 Å². The zero-order chi connectivity index (χ0) is 21.2. The van der Waals surface area contributed by atoms with Crippen LogP contribution >= 0.6 is 0 Å². The van der Waals surface area contributed by atoms with Crippen molar-refractivity contribution in [1.29, 1.82) is 0 Å². The number of hydrogen-bond acceptors (Lipinski definition) is 3. The standard InChI is InChI=1S/C22H27N3O4/c1-15(2)13-18(24-22(29)23-14-16-9-5-3-6-10-16)20(26)25-19(21(27)28)17-11-7-4-8-12-17/h3-12,15,18-19H,13-14H2,1-2H3,(H,25,26)(H,27,28)(H2,23,24,29)/t18-,19+/m0/s1. The fourth-order valence-corrected chi connectivity index (χ4v) is 2.87. The van der Waals surface area contributed by atoms with Gasteiger partial charge in [-0.2, -0.15) is 0 Å². The highest BCUT2D eigenvalue weighted by atomic mass is 16.4. The summed E-state index contributed by atoms with van der Waals surface area (Å²) in [5.41, 5.74) is 1.40. The van der Waals surface area contributed by atoms with Crippen molar-refractivity contribution >= 4 is 17.9 Å². The molecule has 0 aromatic heterocycles. The molecule has 7 heteroatoms. The fourth-order valence-electron chi connectivity index (χ4n) is 2.87. The number of carbonyl (C=O) groups excluding carboxylic acids is 2. The predicted octanol–water partition coefficient (Wildman–Crippen LogP) is 2.84. The Kier molecular flexibility index (Phi) is 8.21. The van der Waals surface area contributed by atoms with Crippen molar-refractivity contribution in [2.45, 2.75) is 38.9 Å². The minimum atomic E-state index is -1.19. The largest absolute Gasteiger partial charge is 0.479 e. The number of carboxylic acid groups (broad SMARTS) is 1. The molecule has 0 aliphatic rings. The molecule has 0 heterocycles. The van der Waals surface area contributed by atoms with Crippen LogP contribution in [0.1, 0.15) is 37.4 Å². The van der Waals surface area contributed by atoms with Crippen LogP contribution in [-0.4, -0.2) is 29.1 Å². The zero-order valence-corrected chi connectivity index (χ0v) is 16.6. The minimum absolute atomic E-state index is 0.125. The third-order valence-electron chi connectivity index (χ3n) is 4.29. The highest BCUT2D eigenvalue weighted by Crippen LogP contribution is 2.14. The molecule has 2 aromatic carbocycles. The Labute approximate surface area is 170 Å². The molecular weight excluding hydrogens is 370 g/mol. The summed E-state index contributed by atoms with van der Waals surface area (Å²) in [6, 6.07) is 15.3. The Morgan fingerprint density at radius 2 is 1.48 bits per heavy atom. The second-order valence-electron chi connectivity index (χ2n) is 7.19. The van der Waals surface area contributed by atoms with E-state index in [0.717, 1.165) is 5.56 Å². The van der Waals surface area contributed by atoms with Crippen LogP contribution in [0.3, 0.4) is 0 Å². The lowest BCUT2D eigenvalue weighted by Gasteiger charge is -2.23. The van der Waals surface area contributed by atoms with Gasteiger partial charge in [-0.25, -0.2) is 9.59 Å². The van der Waals surface area contributed by atoms with Gasteiger partial charge in [0, 0.05) is 6.54 Å². The van der Waals surface area contributed by atoms with Gasteiger partial charge in [-0.3, -0.25) is 4.79 Å². The third-order valence-corrected chi connectivity index (χ3v) is 4.29. The van der Waals surface area contributed by atoms with Crippen molar-refractivity contribution < 1.29 is 19.5 Å². The molecule has 0 fully saturated rings. The van der Waals surface area contributed by atoms with E-state index in [2.05, 4.69) is 16.0 Å². The lowest BCUT2D eigenvalue weighted by Crippen LogP contribution is -2.51. The van der Waals surface area contributed by atoms with Gasteiger partial charge < -0.3 is 21.1 Å². The number of amides is 3. The van der Waals surface area contributed by atoms with Crippen LogP contribution in [0.25, 0.3) is 0 Å². The van der Waals surface area contributed by atoms with Gasteiger partial charge in [0.25, 0.3) is 0 Å². The molecule has 0 radical (unpaired) electrons. The molecule has 2 aromatic rings. The average molecular weight is 397 g/mol. The smallest absolute Gasteiger partial charge is 0.330 e. The highest BCUT2D eigenvalue weighted by Gasteiger charge is 2.28. The van der Waals surface area contributed by atoms with Gasteiger partial charge in [0.15, 0.2) is 6.04 Å². The molecular formula is C22H27N3O4. The second-order valence-corrected chi connectivity index (χ2v) is 7.19. The Hall–Kier alpha value is -3.35. The SMILES string of the molecule is CC(C)C[C@H](NC(=O)NCc1ccccc1)C(=O)N[C@@H](C(=O)O)c1ccccc1. The molecule has 0 saturated carbocycles. The lowest BCUT2D eigenvalue weighted by atomic mass is 10.0. The van der Waals surface area contributed by atoms with Gasteiger partial charge in [-0.15, -0.1) is 0 Å². The monoisotopic (exact) mass is 397 g/mol. The van der Waals surface area contributed by atoms with Crippen LogP contribution in [0.4, 0.5) is 4.79 Å². The van der Waals surface area contributed by atoms with Crippen molar-refractivity contribution in [3.05, 3.63) is 71.8 Å². The first kappa shape index (κ1) is 21.9. The van der Waals surface area contributed by atoms with Gasteiger partial charge in [0.05, 0.1) is 0 Å². The number of carboxylic acids is 1. The van der Waals surface area contributed by atoms with Gasteiger partial charge in [-0.1, -0.05) is 74.5 Å². The van der Waals surface area contributed by atoms with E-state index < -0.39 is 30.0 Å². The summed E-state index contributed by atoms with van der Waals surface area (Å²) in [4.78, 5) is 36.7. The molecule has 0 aliphatic heterocycles. The van der Waals surface area contributed by atoms with E-state index in [-0.39, 0.29) is 5.92 Å². The number of nitrogens with one attached hydrogen (secondary N) is 3. The van der Waals surface area contributed by atoms with Crippen LogP contribution in [0, 0.1) is 5.92 Å². The summed E-state index contributed by atoms with van der Waals surface area (Å²) in [7, 11) is 0. The maximum atomic E-state index is 12.8. The summed E-state index contributed by atoms with van der Waals surface area (Å²) in [6.45, 7) is 4.18. The first-order valence-corrected chi connectivity index (χ1v) is 9.53. The summed E-state index contributed by atoms with van der Waals surface area (Å²) in [5, 5.41) is 17.4. The second kappa shape index (κ2) is 10.8. The molecule has 7 nitrogen and oxygen atoms in total. The topological polar surface area (TPSA) is 108 Å². The molecule has 0 saturated heterocycles. The highest BCUT2D eigenvalue weighted by molar-refractivity contribution is 5.90. The predicted molar refractivity (Wildman–Crippen MR) is 110 cm³/mol. The van der Waals surface area contributed by atoms with Crippen LogP contribution in [0.5, 0.6) is 0 Å². The molecule has 4 N–H and O–H groups in total. The molecule has 0 aliphatic carbocycles. The molecule has 2 rings (SSSR count). The fraction of sp³-hybridized carbons (Fsp3) is 0.318. The number of aliphatic carboxylic acids is 1. The van der Waals surface area contributed by atoms with Crippen LogP contribution in [-0.2, 0) is 16.1 Å². The van der Waals surface area contributed by atoms with Crippen LogP contribution in [0.2, 0.25) is 0 Å². The first-order valence-electron chi connectivity index (χ1n) is 9.53. The van der Waals surface area contributed by atoms with Crippen molar-refractivity contribution in [1.82, 2.24) is 16.0 Å². The van der Waals surface area contributed by atoms with E-state index in [9.17, 15) is 19.5 Å². The van der Waals surface area contributed by atoms with Gasteiger partial charge in [0.2, 0.25) is 5.91 Å². The lowest BCUT2D eigenvalue weighted by molar-refractivity contribution is -0.142. The van der Waals surface area contributed by atoms with Crippen LogP contribution in [0.15, 0.2) is 60.7 Å². The summed E-state index contributed by atoms with van der Waals surface area (Å²) < 4.78 is 0. The minimum Gasteiger partial charge on any atom is -0.479 e. The number of rotatable bonds is 9. The van der Waals surface area contributed by atoms with E-state index in [4.69, 9.17) is 0 Å². The van der Waals surface area contributed by atoms with Crippen molar-refractivity contribution in [2.75, 3.05) is 0 Å². The Bertz CT molecular complexity index is 809. The molecule has 154 valence electrons. The summed E-state index contributed by atoms with van der Waals surface area (Å²) in [6.07, 6.45) is 0.381. The zero-order valence-electron chi connectivity index (χ0n) is 16.6. The van der Waals surface area contributed by atoms with Gasteiger partial charge >= 0.3 is 12.0 Å². The van der Waals surface area contributed by atoms with E-state index in [1.54, 1.807) is 30.3 Å². The number of urea groups is 1. The normalized spacial score (nSPS) is 12.7. The third kappa shape index (κ3) is 7.29. The molecule has 0 bridgehead atoms. The molecule has 0 unspecified atom stereocenters. The number of carbonyl (C=O) groups is 3. The number of benzene rings is 2. The van der Waals surface area contributed by atoms with Crippen molar-refractivity contribution in [2.24, 2.45) is 5.92 Å². The van der Waals surface area contributed by atoms with E-state index in [1.807, 2.05) is 44.2 Å². The molecule has 2 atom stereocenters. The first-order chi connectivity index (χ1) is 13.9. The van der Waals surface area contributed by atoms with E-state index in [0.29, 0.717) is 18.5 Å². The Morgan fingerprint density at radius 1 is 0.897 bits per heavy atom. The van der Waals surface area contributed by atoms with Gasteiger partial charge in [-0.05, 0) is 23.5 Å². The number of hydrogen-bond donors (Lipinski definition) is 4. The van der Waals surface area contributed by atoms with Crippen LogP contribution < -0.4 is 16.0 Å². The Morgan fingerprint density at radius 3 is 2.03 bits per heavy atom. The summed E-state index contributed by atoms with van der Waals surface area (Å²) >= 11 is 0. The maximum absolute atomic E-state index is 12.8. The molecule has 0 spiro atoms. The molecule has 29 heavy (non-hydrogen) atoms. The average Bonchev–Trinajstić information content (AvgIpc) is 2.70. The maximum Gasteiger partial charge on any atom is 0.330 e. The Balaban J connectivity index is 2.02. The van der Waals surface area contributed by atoms with E-state index in [1.165, 1.54) is 0 Å². The summed E-state index contributed by atoms with van der Waals surface area (Å²) in [5.74, 6) is -1.58. The molecule has 3 amide bonds. The van der Waals surface area contributed by atoms with Crippen molar-refractivity contribution in [3.63, 3.8) is 0 Å². The van der Waals surface area contributed by atoms with Crippen molar-refractivity contribution in [3.8, 4) is 0 Å². The van der Waals surface area contributed by atoms with E-state index >= 15 is 0 Å². The quantitative estimate of drug-likeness (QED) is 0.522.